The van der Waals surface area contributed by atoms with Crippen molar-refractivity contribution in [2.45, 2.75) is 6.92 Å². The number of benzene rings is 1. The molecule has 0 fully saturated rings. The summed E-state index contributed by atoms with van der Waals surface area (Å²) in [5.41, 5.74) is 1.29. The fourth-order valence-corrected chi connectivity index (χ4v) is 0.923. The minimum absolute atomic E-state index is 0.959. The standard InChI is InChI=1S/C10H14N/c1-2-11-9-8-10-6-4-3-5-7-10/h3-8,11H,2,9H2,1H3. The van der Waals surface area contributed by atoms with Gasteiger partial charge in [0.1, 0.15) is 0 Å². The van der Waals surface area contributed by atoms with Crippen LogP contribution < -0.4 is 5.32 Å². The van der Waals surface area contributed by atoms with Gasteiger partial charge >= 0.3 is 0 Å². The van der Waals surface area contributed by atoms with E-state index in [0.29, 0.717) is 0 Å². The van der Waals surface area contributed by atoms with Gasteiger partial charge in [-0.25, -0.2) is 0 Å². The van der Waals surface area contributed by atoms with Gasteiger partial charge in [-0.1, -0.05) is 37.3 Å². The molecule has 59 valence electrons. The fourth-order valence-electron chi connectivity index (χ4n) is 0.923. The minimum Gasteiger partial charge on any atom is -0.316 e. The SMILES string of the molecule is CCNC[CH]c1ccccc1. The first kappa shape index (κ1) is 8.28. The lowest BCUT2D eigenvalue weighted by atomic mass is 10.1. The fraction of sp³-hybridized carbons (Fsp3) is 0.300. The number of likely N-dealkylation sites (N-methyl/N-ethyl adjacent to an activating group) is 1. The highest BCUT2D eigenvalue weighted by Crippen LogP contribution is 1.99. The highest BCUT2D eigenvalue weighted by Gasteiger charge is 1.88. The first-order valence-electron chi connectivity index (χ1n) is 4.02. The summed E-state index contributed by atoms with van der Waals surface area (Å²) in [6.07, 6.45) is 2.18. The van der Waals surface area contributed by atoms with Crippen LogP contribution in [0.1, 0.15) is 12.5 Å². The Morgan fingerprint density at radius 3 is 2.64 bits per heavy atom. The van der Waals surface area contributed by atoms with Crippen LogP contribution in [0.5, 0.6) is 0 Å². The van der Waals surface area contributed by atoms with Gasteiger partial charge < -0.3 is 5.32 Å². The third-order valence-corrected chi connectivity index (χ3v) is 1.53. The van der Waals surface area contributed by atoms with Crippen LogP contribution in [0.3, 0.4) is 0 Å². The zero-order valence-electron chi connectivity index (χ0n) is 6.88. The van der Waals surface area contributed by atoms with Crippen LogP contribution in [0.4, 0.5) is 0 Å². The van der Waals surface area contributed by atoms with E-state index in [-0.39, 0.29) is 0 Å². The van der Waals surface area contributed by atoms with Gasteiger partial charge in [-0.05, 0) is 12.1 Å². The van der Waals surface area contributed by atoms with Gasteiger partial charge in [0.15, 0.2) is 0 Å². The molecule has 0 aliphatic heterocycles. The van der Waals surface area contributed by atoms with Crippen molar-refractivity contribution in [3.05, 3.63) is 42.3 Å². The predicted octanol–water partition coefficient (Wildman–Crippen LogP) is 1.85. The summed E-state index contributed by atoms with van der Waals surface area (Å²) >= 11 is 0. The molecule has 1 aromatic carbocycles. The summed E-state index contributed by atoms with van der Waals surface area (Å²) in [6.45, 7) is 4.10. The zero-order valence-corrected chi connectivity index (χ0v) is 6.88. The Morgan fingerprint density at radius 2 is 2.00 bits per heavy atom. The molecule has 0 atom stereocenters. The average Bonchev–Trinajstić information content (AvgIpc) is 2.07. The van der Waals surface area contributed by atoms with Crippen LogP contribution >= 0.6 is 0 Å². The monoisotopic (exact) mass is 148 g/mol. The molecule has 11 heavy (non-hydrogen) atoms. The van der Waals surface area contributed by atoms with Crippen molar-refractivity contribution in [3.63, 3.8) is 0 Å². The van der Waals surface area contributed by atoms with Crippen LogP contribution in [0, 0.1) is 6.42 Å². The quantitative estimate of drug-likeness (QED) is 0.642. The second kappa shape index (κ2) is 4.91. The van der Waals surface area contributed by atoms with E-state index in [4.69, 9.17) is 0 Å². The topological polar surface area (TPSA) is 12.0 Å². The first-order chi connectivity index (χ1) is 5.43. The summed E-state index contributed by atoms with van der Waals surface area (Å²) in [5.74, 6) is 0. The average molecular weight is 148 g/mol. The van der Waals surface area contributed by atoms with E-state index in [0.717, 1.165) is 13.1 Å². The van der Waals surface area contributed by atoms with E-state index in [2.05, 4.69) is 42.9 Å². The Morgan fingerprint density at radius 1 is 1.27 bits per heavy atom. The molecule has 1 heteroatoms. The molecular weight excluding hydrogens is 134 g/mol. The van der Waals surface area contributed by atoms with Gasteiger partial charge in [-0.2, -0.15) is 0 Å². The Balaban J connectivity index is 2.28. The molecule has 0 spiro atoms. The van der Waals surface area contributed by atoms with Crippen molar-refractivity contribution in [1.82, 2.24) is 5.32 Å². The van der Waals surface area contributed by atoms with Crippen molar-refractivity contribution in [2.24, 2.45) is 0 Å². The molecule has 1 nitrogen and oxygen atoms in total. The number of nitrogens with one attached hydrogen (secondary N) is 1. The van der Waals surface area contributed by atoms with Crippen molar-refractivity contribution >= 4 is 0 Å². The smallest absolute Gasteiger partial charge is 0.00443 e. The van der Waals surface area contributed by atoms with Gasteiger partial charge in [0.2, 0.25) is 0 Å². The molecule has 1 aromatic rings. The molecule has 0 amide bonds. The second-order valence-electron chi connectivity index (χ2n) is 2.42. The van der Waals surface area contributed by atoms with Gasteiger partial charge in [-0.3, -0.25) is 0 Å². The van der Waals surface area contributed by atoms with Gasteiger partial charge in [-0.15, -0.1) is 0 Å². The molecule has 1 rings (SSSR count). The lowest BCUT2D eigenvalue weighted by Crippen LogP contribution is -2.14. The molecule has 1 radical (unpaired) electrons. The summed E-state index contributed by atoms with van der Waals surface area (Å²) in [5, 5.41) is 3.24. The lowest BCUT2D eigenvalue weighted by molar-refractivity contribution is 0.779. The molecule has 0 bridgehead atoms. The van der Waals surface area contributed by atoms with E-state index in [9.17, 15) is 0 Å². The van der Waals surface area contributed by atoms with Gasteiger partial charge in [0.05, 0.1) is 0 Å². The largest absolute Gasteiger partial charge is 0.316 e. The third kappa shape index (κ3) is 3.19. The highest BCUT2D eigenvalue weighted by molar-refractivity contribution is 5.22. The van der Waals surface area contributed by atoms with Crippen molar-refractivity contribution in [3.8, 4) is 0 Å². The van der Waals surface area contributed by atoms with E-state index in [1.165, 1.54) is 5.56 Å². The van der Waals surface area contributed by atoms with Crippen molar-refractivity contribution < 1.29 is 0 Å². The Hall–Kier alpha value is -0.820. The minimum atomic E-state index is 0.959. The zero-order chi connectivity index (χ0) is 7.94. The summed E-state index contributed by atoms with van der Waals surface area (Å²) < 4.78 is 0. The molecule has 0 aliphatic rings. The van der Waals surface area contributed by atoms with Crippen LogP contribution in [0.2, 0.25) is 0 Å². The Bertz CT molecular complexity index is 181. The maximum absolute atomic E-state index is 3.24. The molecule has 0 unspecified atom stereocenters. The van der Waals surface area contributed by atoms with Gasteiger partial charge in [0, 0.05) is 13.0 Å². The maximum atomic E-state index is 3.24. The maximum Gasteiger partial charge on any atom is 0.00443 e. The first-order valence-corrected chi connectivity index (χ1v) is 4.02. The predicted molar refractivity (Wildman–Crippen MR) is 48.4 cm³/mol. The number of hydrogen-bond donors (Lipinski definition) is 1. The molecule has 0 aliphatic carbocycles. The molecule has 1 N–H and O–H groups in total. The van der Waals surface area contributed by atoms with E-state index in [1.54, 1.807) is 0 Å². The van der Waals surface area contributed by atoms with Crippen LogP contribution in [-0.4, -0.2) is 13.1 Å². The number of hydrogen-bond acceptors (Lipinski definition) is 1. The third-order valence-electron chi connectivity index (χ3n) is 1.53. The second-order valence-corrected chi connectivity index (χ2v) is 2.42. The summed E-state index contributed by atoms with van der Waals surface area (Å²) in [7, 11) is 0. The molecule has 0 saturated carbocycles. The lowest BCUT2D eigenvalue weighted by Gasteiger charge is -1.99. The molecule has 0 heterocycles. The van der Waals surface area contributed by atoms with Crippen LogP contribution in [0.15, 0.2) is 30.3 Å². The summed E-state index contributed by atoms with van der Waals surface area (Å²) in [4.78, 5) is 0. The van der Waals surface area contributed by atoms with E-state index < -0.39 is 0 Å². The summed E-state index contributed by atoms with van der Waals surface area (Å²) in [6, 6.07) is 10.4. The molecule has 0 aromatic heterocycles. The molecular formula is C10H14N. The Labute approximate surface area is 68.4 Å². The van der Waals surface area contributed by atoms with Crippen molar-refractivity contribution in [2.75, 3.05) is 13.1 Å². The van der Waals surface area contributed by atoms with E-state index in [1.807, 2.05) is 6.07 Å². The van der Waals surface area contributed by atoms with Crippen LogP contribution in [0.25, 0.3) is 0 Å². The van der Waals surface area contributed by atoms with Gasteiger partial charge in [0.25, 0.3) is 0 Å². The molecule has 0 saturated heterocycles. The normalized spacial score (nSPS) is 9.91. The van der Waals surface area contributed by atoms with Crippen molar-refractivity contribution in [1.29, 1.82) is 0 Å². The van der Waals surface area contributed by atoms with E-state index >= 15 is 0 Å². The number of rotatable bonds is 4. The highest BCUT2D eigenvalue weighted by atomic mass is 14.8. The Kier molecular flexibility index (Phi) is 3.70. The van der Waals surface area contributed by atoms with Crippen LogP contribution in [-0.2, 0) is 0 Å².